The predicted molar refractivity (Wildman–Crippen MR) is 126 cm³/mol. The number of anilines is 1. The Hall–Kier alpha value is -1.41. The van der Waals surface area contributed by atoms with Gasteiger partial charge in [-0.1, -0.05) is 0 Å². The maximum Gasteiger partial charge on any atom is 0.417 e. The van der Waals surface area contributed by atoms with Gasteiger partial charge >= 0.3 is 20.4 Å². The summed E-state index contributed by atoms with van der Waals surface area (Å²) in [5, 5.41) is 3.07. The maximum atomic E-state index is 13.2. The molecule has 0 spiro atoms. The summed E-state index contributed by atoms with van der Waals surface area (Å²) in [4.78, 5) is 11.6. The molecular weight excluding hydrogens is 459 g/mol. The second kappa shape index (κ2) is 9.22. The number of alkyl halides is 3. The molecule has 0 bridgehead atoms. The minimum Gasteiger partial charge on any atom is -0.437 e. The zero-order chi connectivity index (χ0) is 23.7. The summed E-state index contributed by atoms with van der Waals surface area (Å²) in [5.41, 5.74) is -1.51. The number of rotatable bonds is 9. The third-order valence-corrected chi connectivity index (χ3v) is 13.8. The standard InChI is InChI=1S/C20H32F3NO4Si3/c1-29(2,3)27-31(7,28-30(4,5)6)12-8-11-24-15-9-10-16-17(20(21,22)23)14-19(25)26-18(16)13-15/h9-10,13-14,24H,8,11-12H2,1-7H3. The van der Waals surface area contributed by atoms with E-state index in [9.17, 15) is 18.0 Å². The van der Waals surface area contributed by atoms with Crippen molar-refractivity contribution in [2.24, 2.45) is 0 Å². The van der Waals surface area contributed by atoms with Gasteiger partial charge in [-0.25, -0.2) is 4.79 Å². The van der Waals surface area contributed by atoms with Crippen LogP contribution in [0.15, 0.2) is 33.5 Å². The van der Waals surface area contributed by atoms with Gasteiger partial charge in [0.2, 0.25) is 0 Å². The Labute approximate surface area is 184 Å². The third kappa shape index (κ3) is 8.22. The van der Waals surface area contributed by atoms with Crippen LogP contribution in [0.1, 0.15) is 12.0 Å². The maximum absolute atomic E-state index is 13.2. The number of hydrogen-bond donors (Lipinski definition) is 1. The molecule has 2 aromatic rings. The first-order chi connectivity index (χ1) is 14.0. The number of benzene rings is 1. The summed E-state index contributed by atoms with van der Waals surface area (Å²) >= 11 is 0. The zero-order valence-corrected chi connectivity index (χ0v) is 22.2. The van der Waals surface area contributed by atoms with Crippen molar-refractivity contribution in [3.8, 4) is 0 Å². The molecular formula is C20H32F3NO4Si3. The van der Waals surface area contributed by atoms with Gasteiger partial charge in [0, 0.05) is 29.8 Å². The Balaban J connectivity index is 2.09. The van der Waals surface area contributed by atoms with Crippen LogP contribution in [-0.4, -0.2) is 31.7 Å². The highest BCUT2D eigenvalue weighted by Crippen LogP contribution is 2.34. The Morgan fingerprint density at radius 1 is 0.968 bits per heavy atom. The average molecular weight is 492 g/mol. The van der Waals surface area contributed by atoms with Crippen LogP contribution in [-0.2, 0) is 14.4 Å². The Kier molecular flexibility index (Phi) is 7.69. The summed E-state index contributed by atoms with van der Waals surface area (Å²) in [7, 11) is -5.88. The molecule has 0 radical (unpaired) electrons. The smallest absolute Gasteiger partial charge is 0.417 e. The lowest BCUT2D eigenvalue weighted by Gasteiger charge is -2.38. The molecule has 0 aliphatic carbocycles. The van der Waals surface area contributed by atoms with Crippen LogP contribution >= 0.6 is 0 Å². The molecule has 1 aromatic carbocycles. The molecule has 1 aromatic heterocycles. The molecule has 1 N–H and O–H groups in total. The van der Waals surface area contributed by atoms with E-state index in [1.165, 1.54) is 12.1 Å². The largest absolute Gasteiger partial charge is 0.437 e. The van der Waals surface area contributed by atoms with Gasteiger partial charge in [0.05, 0.1) is 5.56 Å². The van der Waals surface area contributed by atoms with E-state index in [-0.39, 0.29) is 11.0 Å². The Morgan fingerprint density at radius 3 is 2.06 bits per heavy atom. The molecule has 11 heteroatoms. The average Bonchev–Trinajstić information content (AvgIpc) is 2.53. The minimum atomic E-state index is -4.62. The van der Waals surface area contributed by atoms with Crippen molar-refractivity contribution in [1.82, 2.24) is 0 Å². The third-order valence-electron chi connectivity index (χ3n) is 4.23. The number of halogens is 3. The van der Waals surface area contributed by atoms with Gasteiger partial charge in [0.1, 0.15) is 5.58 Å². The molecule has 0 saturated carbocycles. The van der Waals surface area contributed by atoms with Crippen LogP contribution in [0.4, 0.5) is 18.9 Å². The van der Waals surface area contributed by atoms with Gasteiger partial charge in [0.25, 0.3) is 0 Å². The van der Waals surface area contributed by atoms with Crippen molar-refractivity contribution in [2.75, 3.05) is 11.9 Å². The van der Waals surface area contributed by atoms with Gasteiger partial charge < -0.3 is 18.0 Å². The lowest BCUT2D eigenvalue weighted by molar-refractivity contribution is -0.136. The fourth-order valence-corrected chi connectivity index (χ4v) is 16.1. The predicted octanol–water partition coefficient (Wildman–Crippen LogP) is 6.39. The van der Waals surface area contributed by atoms with Crippen LogP contribution in [0.5, 0.6) is 0 Å². The topological polar surface area (TPSA) is 60.7 Å². The van der Waals surface area contributed by atoms with Crippen molar-refractivity contribution in [1.29, 1.82) is 0 Å². The molecule has 0 aliphatic heterocycles. The quantitative estimate of drug-likeness (QED) is 0.250. The monoisotopic (exact) mass is 491 g/mol. The summed E-state index contributed by atoms with van der Waals surface area (Å²) in [6.07, 6.45) is -3.83. The number of nitrogens with one attached hydrogen (secondary N) is 1. The molecule has 174 valence electrons. The summed E-state index contributed by atoms with van der Waals surface area (Å²) < 4.78 is 57.5. The van der Waals surface area contributed by atoms with Crippen LogP contribution in [0.2, 0.25) is 51.9 Å². The lowest BCUT2D eigenvalue weighted by atomic mass is 10.1. The molecule has 0 atom stereocenters. The zero-order valence-electron chi connectivity index (χ0n) is 19.2. The Bertz CT molecular complexity index is 949. The van der Waals surface area contributed by atoms with Crippen LogP contribution in [0.25, 0.3) is 11.0 Å². The highest BCUT2D eigenvalue weighted by atomic mass is 28.5. The first-order valence-electron chi connectivity index (χ1n) is 10.3. The second-order valence-corrected chi connectivity index (χ2v) is 22.6. The fourth-order valence-electron chi connectivity index (χ4n) is 3.57. The number of hydrogen-bond acceptors (Lipinski definition) is 5. The van der Waals surface area contributed by atoms with E-state index in [2.05, 4.69) is 51.1 Å². The molecule has 0 amide bonds. The van der Waals surface area contributed by atoms with E-state index in [0.29, 0.717) is 18.3 Å². The van der Waals surface area contributed by atoms with Crippen molar-refractivity contribution in [2.45, 2.75) is 64.5 Å². The SMILES string of the molecule is C[Si](C)(C)O[Si](C)(CCCNc1ccc2c(C(F)(F)F)cc(=O)oc2c1)O[Si](C)(C)C. The normalized spacial score (nSPS) is 13.6. The van der Waals surface area contributed by atoms with E-state index in [0.717, 1.165) is 12.5 Å². The van der Waals surface area contributed by atoms with E-state index in [1.54, 1.807) is 6.07 Å². The molecule has 0 aliphatic rings. The molecule has 31 heavy (non-hydrogen) atoms. The van der Waals surface area contributed by atoms with E-state index >= 15 is 0 Å². The number of fused-ring (bicyclic) bond motifs is 1. The van der Waals surface area contributed by atoms with Gasteiger partial charge in [-0.3, -0.25) is 0 Å². The van der Waals surface area contributed by atoms with E-state index in [4.69, 9.17) is 12.6 Å². The fraction of sp³-hybridized carbons (Fsp3) is 0.550. The highest BCUT2D eigenvalue weighted by molar-refractivity contribution is 6.87. The summed E-state index contributed by atoms with van der Waals surface area (Å²) in [6.45, 7) is 15.6. The molecule has 2 rings (SSSR count). The van der Waals surface area contributed by atoms with Gasteiger partial charge in [0.15, 0.2) is 16.6 Å². The second-order valence-electron chi connectivity index (χ2n) is 9.78. The van der Waals surface area contributed by atoms with Crippen molar-refractivity contribution >= 4 is 41.9 Å². The molecule has 5 nitrogen and oxygen atoms in total. The first kappa shape index (κ1) is 25.8. The highest BCUT2D eigenvalue weighted by Gasteiger charge is 2.39. The van der Waals surface area contributed by atoms with Gasteiger partial charge in [-0.2, -0.15) is 13.2 Å². The minimum absolute atomic E-state index is 0.0897. The van der Waals surface area contributed by atoms with Crippen molar-refractivity contribution in [3.63, 3.8) is 0 Å². The summed E-state index contributed by atoms with van der Waals surface area (Å²) in [5.74, 6) is 0. The van der Waals surface area contributed by atoms with E-state index < -0.39 is 42.6 Å². The van der Waals surface area contributed by atoms with E-state index in [1.807, 2.05) is 0 Å². The lowest BCUT2D eigenvalue weighted by Crippen LogP contribution is -2.52. The van der Waals surface area contributed by atoms with Crippen LogP contribution in [0, 0.1) is 0 Å². The molecule has 0 fully saturated rings. The van der Waals surface area contributed by atoms with Gasteiger partial charge in [-0.15, -0.1) is 0 Å². The van der Waals surface area contributed by atoms with Gasteiger partial charge in [-0.05, 0) is 70.4 Å². The molecule has 0 saturated heterocycles. The van der Waals surface area contributed by atoms with Crippen LogP contribution < -0.4 is 10.9 Å². The molecule has 1 heterocycles. The van der Waals surface area contributed by atoms with Crippen molar-refractivity contribution in [3.05, 3.63) is 40.2 Å². The van der Waals surface area contributed by atoms with Crippen LogP contribution in [0.3, 0.4) is 0 Å². The van der Waals surface area contributed by atoms with Crippen molar-refractivity contribution < 1.29 is 25.8 Å². The molecule has 0 unspecified atom stereocenters. The Morgan fingerprint density at radius 2 is 1.55 bits per heavy atom. The first-order valence-corrected chi connectivity index (χ1v) is 19.6. The summed E-state index contributed by atoms with van der Waals surface area (Å²) in [6, 6.07) is 5.61.